The third-order valence-electron chi connectivity index (χ3n) is 4.98. The van der Waals surface area contributed by atoms with Crippen molar-refractivity contribution in [3.05, 3.63) is 71.5 Å². The van der Waals surface area contributed by atoms with Gasteiger partial charge >= 0.3 is 5.97 Å². The summed E-state index contributed by atoms with van der Waals surface area (Å²) < 4.78 is 10.5. The Hall–Kier alpha value is -3.55. The first-order valence-corrected chi connectivity index (χ1v) is 10.0. The number of nitrogens with zero attached hydrogens (tertiary/aromatic N) is 3. The summed E-state index contributed by atoms with van der Waals surface area (Å²) in [6, 6.07) is 16.9. The number of rotatable bonds is 4. The number of benzene rings is 2. The summed E-state index contributed by atoms with van der Waals surface area (Å²) in [4.78, 5) is 26.1. The van der Waals surface area contributed by atoms with Gasteiger partial charge in [-0.2, -0.15) is 0 Å². The van der Waals surface area contributed by atoms with Crippen molar-refractivity contribution in [3.8, 4) is 22.5 Å². The SMILES string of the molecule is Nc1nc(-c2ccccc2)c(-c2cc(Cl)c3ncccc3c2)nc1C(=O)OC1COC1. The van der Waals surface area contributed by atoms with Crippen LogP contribution in [0.15, 0.2) is 60.8 Å². The Labute approximate surface area is 182 Å². The van der Waals surface area contributed by atoms with Crippen LogP contribution in [0.3, 0.4) is 0 Å². The van der Waals surface area contributed by atoms with Gasteiger partial charge in [0.05, 0.1) is 35.1 Å². The number of fused-ring (bicyclic) bond motifs is 1. The fourth-order valence-corrected chi connectivity index (χ4v) is 3.65. The van der Waals surface area contributed by atoms with Crippen LogP contribution in [0.5, 0.6) is 0 Å². The second-order valence-electron chi connectivity index (χ2n) is 7.12. The normalized spacial score (nSPS) is 13.7. The number of hydrogen-bond donors (Lipinski definition) is 1. The van der Waals surface area contributed by atoms with Gasteiger partial charge in [-0.15, -0.1) is 0 Å². The Bertz CT molecular complexity index is 1290. The molecule has 0 bridgehead atoms. The first-order valence-electron chi connectivity index (χ1n) is 9.66. The van der Waals surface area contributed by atoms with Gasteiger partial charge in [-0.25, -0.2) is 14.8 Å². The lowest BCUT2D eigenvalue weighted by Gasteiger charge is -2.25. The standard InChI is InChI=1S/C23H17ClN4O3/c24-17-10-15(9-14-7-4-8-26-18(14)17)20-19(13-5-2-1-3-6-13)28-22(25)21(27-20)23(29)31-16-11-30-12-16/h1-10,16H,11-12H2,(H2,25,28). The Balaban J connectivity index is 1.69. The molecule has 0 unspecified atom stereocenters. The van der Waals surface area contributed by atoms with Crippen LogP contribution in [0.4, 0.5) is 5.82 Å². The first-order chi connectivity index (χ1) is 15.1. The molecule has 8 heteroatoms. The molecule has 1 aliphatic rings. The summed E-state index contributed by atoms with van der Waals surface area (Å²) in [6.45, 7) is 0.725. The van der Waals surface area contributed by atoms with Gasteiger partial charge in [-0.1, -0.05) is 48.0 Å². The van der Waals surface area contributed by atoms with Crippen LogP contribution in [0.2, 0.25) is 5.02 Å². The van der Waals surface area contributed by atoms with E-state index in [9.17, 15) is 4.79 Å². The van der Waals surface area contributed by atoms with Crippen molar-refractivity contribution in [3.63, 3.8) is 0 Å². The highest BCUT2D eigenvalue weighted by Crippen LogP contribution is 2.35. The maximum absolute atomic E-state index is 12.7. The molecule has 2 aromatic heterocycles. The molecule has 31 heavy (non-hydrogen) atoms. The zero-order chi connectivity index (χ0) is 21.4. The van der Waals surface area contributed by atoms with E-state index in [1.807, 2.05) is 48.5 Å². The van der Waals surface area contributed by atoms with Gasteiger partial charge in [0, 0.05) is 22.7 Å². The van der Waals surface area contributed by atoms with E-state index in [0.29, 0.717) is 40.7 Å². The molecular formula is C23H17ClN4O3. The molecule has 0 saturated carbocycles. The smallest absolute Gasteiger partial charge is 0.361 e. The molecule has 2 aromatic carbocycles. The van der Waals surface area contributed by atoms with Gasteiger partial charge < -0.3 is 15.2 Å². The third-order valence-corrected chi connectivity index (χ3v) is 5.26. The number of nitrogen functional groups attached to an aromatic ring is 1. The van der Waals surface area contributed by atoms with Gasteiger partial charge in [0.25, 0.3) is 0 Å². The average Bonchev–Trinajstić information content (AvgIpc) is 2.76. The largest absolute Gasteiger partial charge is 0.453 e. The summed E-state index contributed by atoms with van der Waals surface area (Å²) in [5.41, 5.74) is 9.29. The second-order valence-corrected chi connectivity index (χ2v) is 7.53. The molecule has 1 aliphatic heterocycles. The van der Waals surface area contributed by atoms with E-state index in [4.69, 9.17) is 26.8 Å². The van der Waals surface area contributed by atoms with Gasteiger partial charge in [0.2, 0.25) is 0 Å². The van der Waals surface area contributed by atoms with E-state index in [0.717, 1.165) is 10.9 Å². The number of ether oxygens (including phenoxy) is 2. The van der Waals surface area contributed by atoms with Crippen LogP contribution < -0.4 is 5.73 Å². The van der Waals surface area contributed by atoms with E-state index in [-0.39, 0.29) is 17.6 Å². The number of carbonyl (C=O) groups is 1. The van der Waals surface area contributed by atoms with Crippen molar-refractivity contribution in [2.45, 2.75) is 6.10 Å². The zero-order valence-corrected chi connectivity index (χ0v) is 17.0. The Morgan fingerprint density at radius 1 is 1.03 bits per heavy atom. The molecule has 0 radical (unpaired) electrons. The van der Waals surface area contributed by atoms with Gasteiger partial charge in [0.1, 0.15) is 6.10 Å². The number of carbonyl (C=O) groups excluding carboxylic acids is 1. The van der Waals surface area contributed by atoms with Crippen molar-refractivity contribution < 1.29 is 14.3 Å². The zero-order valence-electron chi connectivity index (χ0n) is 16.3. The minimum atomic E-state index is -0.632. The number of nitrogens with two attached hydrogens (primary N) is 1. The van der Waals surface area contributed by atoms with Crippen LogP contribution >= 0.6 is 11.6 Å². The summed E-state index contributed by atoms with van der Waals surface area (Å²) in [7, 11) is 0. The average molecular weight is 433 g/mol. The molecule has 1 fully saturated rings. The summed E-state index contributed by atoms with van der Waals surface area (Å²) in [5.74, 6) is -0.630. The Kier molecular flexibility index (Phi) is 4.97. The summed E-state index contributed by atoms with van der Waals surface area (Å²) >= 11 is 6.50. The van der Waals surface area contributed by atoms with E-state index >= 15 is 0 Å². The third kappa shape index (κ3) is 3.69. The fourth-order valence-electron chi connectivity index (χ4n) is 3.37. The molecule has 1 saturated heterocycles. The molecule has 154 valence electrons. The predicted octanol–water partition coefficient (Wildman–Crippen LogP) is 4.15. The number of halogens is 1. The van der Waals surface area contributed by atoms with Crippen LogP contribution in [-0.4, -0.2) is 40.2 Å². The van der Waals surface area contributed by atoms with E-state index in [1.54, 1.807) is 12.3 Å². The second kappa shape index (κ2) is 7.94. The first kappa shape index (κ1) is 19.4. The molecule has 0 amide bonds. The number of hydrogen-bond acceptors (Lipinski definition) is 7. The van der Waals surface area contributed by atoms with Gasteiger partial charge in [-0.05, 0) is 18.2 Å². The van der Waals surface area contributed by atoms with E-state index < -0.39 is 5.97 Å². The van der Waals surface area contributed by atoms with E-state index in [2.05, 4.69) is 15.0 Å². The molecular weight excluding hydrogens is 416 g/mol. The molecule has 4 aromatic rings. The van der Waals surface area contributed by atoms with Crippen LogP contribution in [0.1, 0.15) is 10.5 Å². The predicted molar refractivity (Wildman–Crippen MR) is 118 cm³/mol. The lowest BCUT2D eigenvalue weighted by molar-refractivity contribution is -0.103. The number of aromatic nitrogens is 3. The molecule has 3 heterocycles. The van der Waals surface area contributed by atoms with Crippen LogP contribution in [0.25, 0.3) is 33.4 Å². The van der Waals surface area contributed by atoms with Crippen molar-refractivity contribution in [1.82, 2.24) is 15.0 Å². The van der Waals surface area contributed by atoms with Gasteiger partial charge in [0.15, 0.2) is 11.5 Å². The molecule has 0 aliphatic carbocycles. The van der Waals surface area contributed by atoms with Crippen molar-refractivity contribution in [2.24, 2.45) is 0 Å². The van der Waals surface area contributed by atoms with Crippen molar-refractivity contribution >= 4 is 34.3 Å². The summed E-state index contributed by atoms with van der Waals surface area (Å²) in [6.07, 6.45) is 1.39. The Morgan fingerprint density at radius 3 is 2.55 bits per heavy atom. The molecule has 5 rings (SSSR count). The topological polar surface area (TPSA) is 100 Å². The highest BCUT2D eigenvalue weighted by Gasteiger charge is 2.27. The molecule has 7 nitrogen and oxygen atoms in total. The fraction of sp³-hybridized carbons (Fsp3) is 0.130. The number of pyridine rings is 1. The minimum absolute atomic E-state index is 0.00129. The highest BCUT2D eigenvalue weighted by molar-refractivity contribution is 6.35. The van der Waals surface area contributed by atoms with Crippen LogP contribution in [-0.2, 0) is 9.47 Å². The molecule has 0 atom stereocenters. The number of anilines is 1. The lowest BCUT2D eigenvalue weighted by Crippen LogP contribution is -2.38. The molecule has 0 spiro atoms. The van der Waals surface area contributed by atoms with Crippen molar-refractivity contribution in [1.29, 1.82) is 0 Å². The Morgan fingerprint density at radius 2 is 1.81 bits per heavy atom. The summed E-state index contributed by atoms with van der Waals surface area (Å²) in [5, 5.41) is 1.32. The van der Waals surface area contributed by atoms with E-state index in [1.165, 1.54) is 0 Å². The quantitative estimate of drug-likeness (QED) is 0.483. The molecule has 2 N–H and O–H groups in total. The maximum atomic E-state index is 12.7. The van der Waals surface area contributed by atoms with Crippen LogP contribution in [0, 0.1) is 0 Å². The highest BCUT2D eigenvalue weighted by atomic mass is 35.5. The van der Waals surface area contributed by atoms with Gasteiger partial charge in [-0.3, -0.25) is 4.98 Å². The van der Waals surface area contributed by atoms with Crippen molar-refractivity contribution in [2.75, 3.05) is 18.9 Å². The number of esters is 1. The maximum Gasteiger partial charge on any atom is 0.361 e. The lowest BCUT2D eigenvalue weighted by atomic mass is 10.0. The monoisotopic (exact) mass is 432 g/mol. The minimum Gasteiger partial charge on any atom is -0.453 e.